The third-order valence-corrected chi connectivity index (χ3v) is 6.42. The summed E-state index contributed by atoms with van der Waals surface area (Å²) in [5.41, 5.74) is 2.32. The lowest BCUT2D eigenvalue weighted by Crippen LogP contribution is -2.39. The molecule has 2 fully saturated rings. The van der Waals surface area contributed by atoms with Crippen LogP contribution in [0.4, 0.5) is 11.4 Å². The Morgan fingerprint density at radius 1 is 1.00 bits per heavy atom. The fraction of sp³-hybridized carbons (Fsp3) is 0.519. The molecule has 2 aliphatic heterocycles. The molecule has 1 unspecified atom stereocenters. The van der Waals surface area contributed by atoms with Gasteiger partial charge in [-0.15, -0.1) is 0 Å². The van der Waals surface area contributed by atoms with Crippen molar-refractivity contribution in [3.8, 4) is 0 Å². The lowest BCUT2D eigenvalue weighted by Gasteiger charge is -2.35. The number of nitrogens with zero attached hydrogens (tertiary/aromatic N) is 2. The first-order valence-corrected chi connectivity index (χ1v) is 12.4. The van der Waals surface area contributed by atoms with Crippen LogP contribution in [0.2, 0.25) is 0 Å². The average molecular weight is 501 g/mol. The van der Waals surface area contributed by atoms with Gasteiger partial charge in [0.05, 0.1) is 44.9 Å². The molecule has 2 saturated heterocycles. The Morgan fingerprint density at radius 2 is 1.61 bits per heavy atom. The van der Waals surface area contributed by atoms with Crippen molar-refractivity contribution in [2.75, 3.05) is 58.2 Å². The van der Waals surface area contributed by atoms with Crippen molar-refractivity contribution in [3.63, 3.8) is 0 Å². The molecule has 4 rings (SSSR count). The van der Waals surface area contributed by atoms with Gasteiger partial charge in [0.1, 0.15) is 5.69 Å². The largest absolute Gasteiger partial charge is 0.469 e. The highest BCUT2D eigenvalue weighted by Gasteiger charge is 2.28. The van der Waals surface area contributed by atoms with E-state index in [0.29, 0.717) is 25.4 Å². The quantitative estimate of drug-likeness (QED) is 0.300. The van der Waals surface area contributed by atoms with Crippen molar-refractivity contribution in [2.24, 2.45) is 0 Å². The second-order valence-electron chi connectivity index (χ2n) is 8.60. The highest BCUT2D eigenvalue weighted by atomic mass is 16.6. The molecule has 1 atom stereocenters. The topological polar surface area (TPSA) is 100 Å². The maximum atomic E-state index is 12.0. The highest BCUT2D eigenvalue weighted by Crippen LogP contribution is 2.37. The van der Waals surface area contributed by atoms with E-state index < -0.39 is 0 Å². The Kier molecular flexibility index (Phi) is 11.1. The Hall–Kier alpha value is -3.01. The number of nitro groups is 1. The fourth-order valence-corrected chi connectivity index (χ4v) is 4.57. The number of esters is 1. The predicted octanol–water partition coefficient (Wildman–Crippen LogP) is 4.33. The first kappa shape index (κ1) is 27.6. The number of benzene rings is 2. The van der Waals surface area contributed by atoms with E-state index in [0.717, 1.165) is 50.4 Å². The van der Waals surface area contributed by atoms with Crippen molar-refractivity contribution < 1.29 is 28.7 Å². The van der Waals surface area contributed by atoms with Crippen molar-refractivity contribution in [2.45, 2.75) is 38.1 Å². The van der Waals surface area contributed by atoms with E-state index in [2.05, 4.69) is 4.90 Å². The molecule has 2 aromatic rings. The number of hydrogen-bond acceptors (Lipinski definition) is 8. The van der Waals surface area contributed by atoms with Crippen LogP contribution in [0.5, 0.6) is 0 Å². The number of carbonyl (C=O) groups is 1. The van der Waals surface area contributed by atoms with Gasteiger partial charge in [0.2, 0.25) is 0 Å². The van der Waals surface area contributed by atoms with Gasteiger partial charge in [-0.2, -0.15) is 0 Å². The number of carbonyl (C=O) groups excluding carboxylic acids is 1. The Bertz CT molecular complexity index is 948. The summed E-state index contributed by atoms with van der Waals surface area (Å²) in [6.45, 7) is 7.14. The summed E-state index contributed by atoms with van der Waals surface area (Å²) in [6, 6.07) is 15.1. The molecule has 0 aromatic heterocycles. The predicted molar refractivity (Wildman–Crippen MR) is 137 cm³/mol. The number of methoxy groups -OCH3 is 1. The molecular formula is C27H36N2O7. The van der Waals surface area contributed by atoms with Crippen LogP contribution in [0.15, 0.2) is 48.5 Å². The van der Waals surface area contributed by atoms with Crippen LogP contribution in [-0.2, 0) is 23.7 Å². The fourth-order valence-electron chi connectivity index (χ4n) is 4.57. The maximum Gasteiger partial charge on any atom is 0.306 e. The molecule has 0 aliphatic carbocycles. The smallest absolute Gasteiger partial charge is 0.306 e. The van der Waals surface area contributed by atoms with Gasteiger partial charge in [-0.1, -0.05) is 36.4 Å². The van der Waals surface area contributed by atoms with Crippen molar-refractivity contribution in [3.05, 3.63) is 69.8 Å². The van der Waals surface area contributed by atoms with Crippen LogP contribution in [0.3, 0.4) is 0 Å². The van der Waals surface area contributed by atoms with Gasteiger partial charge in [0.15, 0.2) is 0 Å². The highest BCUT2D eigenvalue weighted by molar-refractivity contribution is 5.72. The second kappa shape index (κ2) is 14.5. The van der Waals surface area contributed by atoms with Crippen LogP contribution in [0.1, 0.15) is 43.2 Å². The van der Waals surface area contributed by atoms with Crippen LogP contribution >= 0.6 is 0 Å². The Balaban J connectivity index is 0.000000526. The SMILES string of the molecule is C1COCCO1.CCN(c1ccc(C(CC(=O)OC)c2ccccc2)cc1[N+](=O)[O-])C1CCOCC1. The molecule has 0 saturated carbocycles. The molecule has 0 spiro atoms. The Labute approximate surface area is 212 Å². The third-order valence-electron chi connectivity index (χ3n) is 6.42. The van der Waals surface area contributed by atoms with E-state index in [9.17, 15) is 14.9 Å². The van der Waals surface area contributed by atoms with E-state index >= 15 is 0 Å². The maximum absolute atomic E-state index is 12.0. The minimum Gasteiger partial charge on any atom is -0.469 e. The van der Waals surface area contributed by atoms with E-state index in [-0.39, 0.29) is 35.0 Å². The second-order valence-corrected chi connectivity index (χ2v) is 8.60. The molecule has 2 heterocycles. The van der Waals surface area contributed by atoms with Crippen LogP contribution in [-0.4, -0.2) is 70.2 Å². The number of anilines is 1. The lowest BCUT2D eigenvalue weighted by molar-refractivity contribution is -0.384. The monoisotopic (exact) mass is 500 g/mol. The Morgan fingerprint density at radius 3 is 2.14 bits per heavy atom. The third kappa shape index (κ3) is 7.74. The van der Waals surface area contributed by atoms with Gasteiger partial charge in [0.25, 0.3) is 5.69 Å². The molecule has 0 radical (unpaired) electrons. The van der Waals surface area contributed by atoms with Gasteiger partial charge in [-0.25, -0.2) is 0 Å². The minimum atomic E-state index is -0.354. The zero-order valence-corrected chi connectivity index (χ0v) is 21.1. The number of rotatable bonds is 8. The summed E-state index contributed by atoms with van der Waals surface area (Å²) in [5, 5.41) is 12.0. The van der Waals surface area contributed by atoms with E-state index in [1.54, 1.807) is 6.07 Å². The van der Waals surface area contributed by atoms with E-state index in [1.165, 1.54) is 7.11 Å². The standard InChI is InChI=1S/C23H28N2O5.C4H8O2/c1-3-24(19-11-13-30-14-12-19)21-10-9-18(15-22(21)25(27)28)20(16-23(26)29-2)17-7-5-4-6-8-17;1-2-6-4-3-5-1/h4-10,15,19-20H,3,11-14,16H2,1-2H3;1-4H2. The van der Waals surface area contributed by atoms with Gasteiger partial charge >= 0.3 is 5.97 Å². The molecule has 0 bridgehead atoms. The van der Waals surface area contributed by atoms with E-state index in [4.69, 9.17) is 18.9 Å². The molecular weight excluding hydrogens is 464 g/mol. The van der Waals surface area contributed by atoms with Crippen LogP contribution < -0.4 is 4.90 Å². The van der Waals surface area contributed by atoms with Crippen LogP contribution in [0, 0.1) is 10.1 Å². The average Bonchev–Trinajstić information content (AvgIpc) is 2.94. The van der Waals surface area contributed by atoms with Gasteiger partial charge in [-0.3, -0.25) is 14.9 Å². The lowest BCUT2D eigenvalue weighted by atomic mass is 9.88. The summed E-state index contributed by atoms with van der Waals surface area (Å²) < 4.78 is 20.2. The van der Waals surface area contributed by atoms with Gasteiger partial charge in [0, 0.05) is 37.8 Å². The first-order valence-electron chi connectivity index (χ1n) is 12.4. The summed E-state index contributed by atoms with van der Waals surface area (Å²) in [4.78, 5) is 25.8. The van der Waals surface area contributed by atoms with Crippen molar-refractivity contribution in [1.29, 1.82) is 0 Å². The molecule has 9 heteroatoms. The molecule has 2 aromatic carbocycles. The molecule has 9 nitrogen and oxygen atoms in total. The number of nitro benzene ring substituents is 1. The van der Waals surface area contributed by atoms with Crippen molar-refractivity contribution >= 4 is 17.3 Å². The molecule has 196 valence electrons. The van der Waals surface area contributed by atoms with Crippen molar-refractivity contribution in [1.82, 2.24) is 0 Å². The summed E-state index contributed by atoms with van der Waals surface area (Å²) >= 11 is 0. The summed E-state index contributed by atoms with van der Waals surface area (Å²) in [6.07, 6.45) is 1.82. The van der Waals surface area contributed by atoms with Gasteiger partial charge in [-0.05, 0) is 37.0 Å². The minimum absolute atomic E-state index is 0.0617. The number of ether oxygens (including phenoxy) is 4. The first-order chi connectivity index (χ1) is 17.5. The summed E-state index contributed by atoms with van der Waals surface area (Å²) in [5.74, 6) is -0.669. The van der Waals surface area contributed by atoms with Gasteiger partial charge < -0.3 is 23.8 Å². The molecule has 0 amide bonds. The molecule has 36 heavy (non-hydrogen) atoms. The summed E-state index contributed by atoms with van der Waals surface area (Å²) in [7, 11) is 1.35. The van der Waals surface area contributed by atoms with Crippen LogP contribution in [0.25, 0.3) is 0 Å². The van der Waals surface area contributed by atoms with E-state index in [1.807, 2.05) is 49.4 Å². The zero-order valence-electron chi connectivity index (χ0n) is 21.1. The molecule has 0 N–H and O–H groups in total. The number of hydrogen-bond donors (Lipinski definition) is 0. The zero-order chi connectivity index (χ0) is 25.8. The normalized spacial score (nSPS) is 16.8. The molecule has 2 aliphatic rings.